The minimum absolute atomic E-state index is 0.0452. The summed E-state index contributed by atoms with van der Waals surface area (Å²) in [4.78, 5) is 8.49. The van der Waals surface area contributed by atoms with Crippen LogP contribution in [0, 0.1) is 6.92 Å². The summed E-state index contributed by atoms with van der Waals surface area (Å²) in [5.41, 5.74) is 0.801. The topological polar surface area (TPSA) is 47.6 Å². The van der Waals surface area contributed by atoms with Crippen molar-refractivity contribution in [2.75, 3.05) is 6.61 Å². The van der Waals surface area contributed by atoms with E-state index < -0.39 is 0 Å². The van der Waals surface area contributed by atoms with E-state index in [4.69, 9.17) is 9.15 Å². The standard InChI is InChI=1S/C11H14N2O2/c1-3-14-9-6-4-5-7-12-11-10(9)13-8(2)15-11/h4-5,7,9H,3,6H2,1-2H3/b5-4+,12-7?/t9-/m1/s1. The molecule has 1 aromatic heterocycles. The summed E-state index contributed by atoms with van der Waals surface area (Å²) < 4.78 is 11.0. The Morgan fingerprint density at radius 1 is 1.60 bits per heavy atom. The second kappa shape index (κ2) is 4.40. The van der Waals surface area contributed by atoms with Gasteiger partial charge in [-0.25, -0.2) is 9.98 Å². The molecule has 2 heterocycles. The molecule has 0 radical (unpaired) electrons. The zero-order valence-electron chi connectivity index (χ0n) is 8.93. The zero-order chi connectivity index (χ0) is 10.7. The Morgan fingerprint density at radius 3 is 3.27 bits per heavy atom. The van der Waals surface area contributed by atoms with E-state index in [1.54, 1.807) is 6.21 Å². The second-order valence-electron chi connectivity index (χ2n) is 3.31. The largest absolute Gasteiger partial charge is 0.423 e. The average Bonchev–Trinajstić information content (AvgIpc) is 2.54. The van der Waals surface area contributed by atoms with Gasteiger partial charge in [-0.15, -0.1) is 0 Å². The molecule has 0 spiro atoms. The number of aliphatic imine (C=N–C) groups is 1. The molecular weight excluding hydrogens is 192 g/mol. The number of hydrogen-bond donors (Lipinski definition) is 0. The maximum atomic E-state index is 5.61. The summed E-state index contributed by atoms with van der Waals surface area (Å²) in [5.74, 6) is 1.19. The smallest absolute Gasteiger partial charge is 0.245 e. The number of nitrogens with zero attached hydrogens (tertiary/aromatic N) is 2. The van der Waals surface area contributed by atoms with E-state index in [1.807, 2.05) is 26.0 Å². The van der Waals surface area contributed by atoms with Crippen LogP contribution in [0.25, 0.3) is 0 Å². The van der Waals surface area contributed by atoms with Gasteiger partial charge in [0.05, 0.1) is 0 Å². The Kier molecular flexibility index (Phi) is 2.97. The van der Waals surface area contributed by atoms with Crippen LogP contribution in [0.5, 0.6) is 0 Å². The van der Waals surface area contributed by atoms with Gasteiger partial charge in [0.1, 0.15) is 11.8 Å². The molecule has 1 aliphatic rings. The van der Waals surface area contributed by atoms with Crippen LogP contribution in [-0.4, -0.2) is 17.8 Å². The quantitative estimate of drug-likeness (QED) is 0.747. The first-order valence-electron chi connectivity index (χ1n) is 5.09. The number of aryl methyl sites for hydroxylation is 1. The van der Waals surface area contributed by atoms with E-state index in [0.29, 0.717) is 18.4 Å². The maximum absolute atomic E-state index is 5.61. The monoisotopic (exact) mass is 206 g/mol. The lowest BCUT2D eigenvalue weighted by Gasteiger charge is -2.13. The Bertz CT molecular complexity index is 393. The molecule has 15 heavy (non-hydrogen) atoms. The average molecular weight is 206 g/mol. The lowest BCUT2D eigenvalue weighted by atomic mass is 10.1. The van der Waals surface area contributed by atoms with Crippen molar-refractivity contribution in [1.29, 1.82) is 0 Å². The SMILES string of the molecule is CCO[C@@H]1C/C=C/C=Nc2oc(C)nc21. The fourth-order valence-electron chi connectivity index (χ4n) is 1.57. The number of ether oxygens (including phenoxy) is 1. The van der Waals surface area contributed by atoms with Gasteiger partial charge >= 0.3 is 0 Å². The van der Waals surface area contributed by atoms with Crippen LogP contribution in [-0.2, 0) is 4.74 Å². The van der Waals surface area contributed by atoms with Crippen LogP contribution in [0.3, 0.4) is 0 Å². The van der Waals surface area contributed by atoms with Crippen LogP contribution < -0.4 is 0 Å². The Labute approximate surface area is 88.7 Å². The minimum Gasteiger partial charge on any atom is -0.423 e. The molecule has 2 rings (SSSR count). The minimum atomic E-state index is -0.0452. The van der Waals surface area contributed by atoms with E-state index in [0.717, 1.165) is 12.1 Å². The predicted octanol–water partition coefficient (Wildman–Crippen LogP) is 2.72. The highest BCUT2D eigenvalue weighted by Gasteiger charge is 2.21. The Balaban J connectivity index is 2.37. The molecule has 4 heteroatoms. The fraction of sp³-hybridized carbons (Fsp3) is 0.455. The predicted molar refractivity (Wildman–Crippen MR) is 57.5 cm³/mol. The van der Waals surface area contributed by atoms with E-state index in [1.165, 1.54) is 0 Å². The summed E-state index contributed by atoms with van der Waals surface area (Å²) in [6, 6.07) is 0. The van der Waals surface area contributed by atoms with Gasteiger partial charge in [-0.05, 0) is 19.4 Å². The van der Waals surface area contributed by atoms with Gasteiger partial charge in [0.25, 0.3) is 0 Å². The summed E-state index contributed by atoms with van der Waals surface area (Å²) in [5, 5.41) is 0. The Morgan fingerprint density at radius 2 is 2.47 bits per heavy atom. The molecule has 0 aliphatic carbocycles. The lowest BCUT2D eigenvalue weighted by Crippen LogP contribution is -2.05. The summed E-state index contributed by atoms with van der Waals surface area (Å²) in [6.07, 6.45) is 6.39. The van der Waals surface area contributed by atoms with Crippen molar-refractivity contribution in [2.24, 2.45) is 4.99 Å². The molecule has 0 bridgehead atoms. The van der Waals surface area contributed by atoms with Crippen molar-refractivity contribution in [3.8, 4) is 0 Å². The van der Waals surface area contributed by atoms with Crippen molar-refractivity contribution in [1.82, 2.24) is 4.98 Å². The van der Waals surface area contributed by atoms with Crippen LogP contribution in [0.4, 0.5) is 5.88 Å². The molecule has 0 saturated carbocycles. The molecule has 0 amide bonds. The number of oxazole rings is 1. The van der Waals surface area contributed by atoms with E-state index in [2.05, 4.69) is 9.98 Å². The van der Waals surface area contributed by atoms with Crippen molar-refractivity contribution in [3.05, 3.63) is 23.7 Å². The fourth-order valence-corrected chi connectivity index (χ4v) is 1.57. The van der Waals surface area contributed by atoms with Crippen molar-refractivity contribution >= 4 is 12.1 Å². The maximum Gasteiger partial charge on any atom is 0.245 e. The number of fused-ring (bicyclic) bond motifs is 1. The molecule has 0 N–H and O–H groups in total. The molecule has 0 fully saturated rings. The normalized spacial score (nSPS) is 21.9. The number of aromatic nitrogens is 1. The van der Waals surface area contributed by atoms with Crippen LogP contribution in [0.15, 0.2) is 21.6 Å². The summed E-state index contributed by atoms with van der Waals surface area (Å²) >= 11 is 0. The van der Waals surface area contributed by atoms with Gasteiger partial charge in [-0.2, -0.15) is 0 Å². The summed E-state index contributed by atoms with van der Waals surface area (Å²) in [6.45, 7) is 4.45. The van der Waals surface area contributed by atoms with E-state index in [9.17, 15) is 0 Å². The van der Waals surface area contributed by atoms with Crippen molar-refractivity contribution < 1.29 is 9.15 Å². The highest BCUT2D eigenvalue weighted by Crippen LogP contribution is 2.31. The summed E-state index contributed by atoms with van der Waals surface area (Å²) in [7, 11) is 0. The first-order valence-corrected chi connectivity index (χ1v) is 5.09. The van der Waals surface area contributed by atoms with E-state index in [-0.39, 0.29) is 6.10 Å². The molecule has 0 aromatic carbocycles. The van der Waals surface area contributed by atoms with Crippen molar-refractivity contribution in [2.45, 2.75) is 26.4 Å². The van der Waals surface area contributed by atoms with Crippen LogP contribution in [0.2, 0.25) is 0 Å². The molecule has 80 valence electrons. The second-order valence-corrected chi connectivity index (χ2v) is 3.31. The van der Waals surface area contributed by atoms with E-state index >= 15 is 0 Å². The number of allylic oxidation sites excluding steroid dienone is 1. The van der Waals surface area contributed by atoms with Crippen molar-refractivity contribution in [3.63, 3.8) is 0 Å². The highest BCUT2D eigenvalue weighted by atomic mass is 16.5. The molecule has 1 aromatic rings. The molecule has 1 aliphatic heterocycles. The first-order chi connectivity index (χ1) is 7.31. The Hall–Kier alpha value is -1.42. The lowest BCUT2D eigenvalue weighted by molar-refractivity contribution is 0.0621. The van der Waals surface area contributed by atoms with Gasteiger partial charge in [0.2, 0.25) is 5.88 Å². The number of rotatable bonds is 2. The van der Waals surface area contributed by atoms with Gasteiger partial charge in [0.15, 0.2) is 5.89 Å². The van der Waals surface area contributed by atoms with Crippen LogP contribution >= 0.6 is 0 Å². The number of hydrogen-bond acceptors (Lipinski definition) is 4. The highest BCUT2D eigenvalue weighted by molar-refractivity contribution is 5.74. The van der Waals surface area contributed by atoms with Gasteiger partial charge in [0, 0.05) is 19.7 Å². The molecule has 0 saturated heterocycles. The van der Waals surface area contributed by atoms with Gasteiger partial charge < -0.3 is 9.15 Å². The third-order valence-electron chi connectivity index (χ3n) is 2.18. The van der Waals surface area contributed by atoms with Gasteiger partial charge in [-0.3, -0.25) is 0 Å². The first kappa shape index (κ1) is 10.1. The molecular formula is C11H14N2O2. The molecule has 1 atom stereocenters. The molecule has 4 nitrogen and oxygen atoms in total. The third kappa shape index (κ3) is 2.15. The van der Waals surface area contributed by atoms with Crippen LogP contribution in [0.1, 0.15) is 31.0 Å². The molecule has 0 unspecified atom stereocenters. The van der Waals surface area contributed by atoms with Gasteiger partial charge in [-0.1, -0.05) is 6.08 Å². The zero-order valence-corrected chi connectivity index (χ0v) is 8.93. The third-order valence-corrected chi connectivity index (χ3v) is 2.18.